The number of benzene rings is 3. The van der Waals surface area contributed by atoms with Gasteiger partial charge in [-0.25, -0.2) is 4.39 Å². The van der Waals surface area contributed by atoms with Crippen molar-refractivity contribution in [3.05, 3.63) is 106 Å². The van der Waals surface area contributed by atoms with Gasteiger partial charge in [-0.05, 0) is 60.2 Å². The molecule has 0 aliphatic carbocycles. The van der Waals surface area contributed by atoms with Crippen LogP contribution in [0.5, 0.6) is 0 Å². The molecule has 0 heterocycles. The molecule has 2 amide bonds. The van der Waals surface area contributed by atoms with E-state index in [9.17, 15) is 14.0 Å². The van der Waals surface area contributed by atoms with Gasteiger partial charge in [-0.1, -0.05) is 46.3 Å². The summed E-state index contributed by atoms with van der Waals surface area (Å²) in [5.74, 6) is -1.29. The SMILES string of the molecule is O=C(Nc1ccc(Br)cc1)/C(=C\c1ccc(F)cc1)NC(=O)c1ccccc1. The molecule has 0 aliphatic heterocycles. The second-order valence-electron chi connectivity index (χ2n) is 5.89. The van der Waals surface area contributed by atoms with E-state index in [4.69, 9.17) is 0 Å². The first-order valence-electron chi connectivity index (χ1n) is 8.42. The van der Waals surface area contributed by atoms with E-state index in [1.54, 1.807) is 54.6 Å². The lowest BCUT2D eigenvalue weighted by atomic mass is 10.1. The van der Waals surface area contributed by atoms with Gasteiger partial charge < -0.3 is 10.6 Å². The molecule has 0 aromatic heterocycles. The van der Waals surface area contributed by atoms with Crippen LogP contribution in [0.3, 0.4) is 0 Å². The van der Waals surface area contributed by atoms with Gasteiger partial charge in [-0.3, -0.25) is 9.59 Å². The first-order chi connectivity index (χ1) is 13.5. The summed E-state index contributed by atoms with van der Waals surface area (Å²) in [6.45, 7) is 0. The summed E-state index contributed by atoms with van der Waals surface area (Å²) in [6, 6.07) is 21.2. The number of hydrogen-bond donors (Lipinski definition) is 2. The van der Waals surface area contributed by atoms with Crippen molar-refractivity contribution in [1.82, 2.24) is 5.32 Å². The lowest BCUT2D eigenvalue weighted by molar-refractivity contribution is -0.113. The molecule has 0 fully saturated rings. The number of nitrogens with one attached hydrogen (secondary N) is 2. The van der Waals surface area contributed by atoms with Crippen LogP contribution < -0.4 is 10.6 Å². The van der Waals surface area contributed by atoms with E-state index in [2.05, 4.69) is 26.6 Å². The fraction of sp³-hybridized carbons (Fsp3) is 0. The van der Waals surface area contributed by atoms with E-state index < -0.39 is 11.8 Å². The minimum Gasteiger partial charge on any atom is -0.321 e. The van der Waals surface area contributed by atoms with Crippen LogP contribution in [-0.4, -0.2) is 11.8 Å². The maximum atomic E-state index is 13.2. The third-order valence-electron chi connectivity index (χ3n) is 3.81. The summed E-state index contributed by atoms with van der Waals surface area (Å²) in [6.07, 6.45) is 1.49. The predicted octanol–water partition coefficient (Wildman–Crippen LogP) is 5.00. The second-order valence-corrected chi connectivity index (χ2v) is 6.81. The van der Waals surface area contributed by atoms with Crippen molar-refractivity contribution in [2.75, 3.05) is 5.32 Å². The molecule has 0 aliphatic rings. The van der Waals surface area contributed by atoms with Crippen molar-refractivity contribution in [3.8, 4) is 0 Å². The molecule has 0 bridgehead atoms. The van der Waals surface area contributed by atoms with Crippen LogP contribution in [0.1, 0.15) is 15.9 Å². The fourth-order valence-corrected chi connectivity index (χ4v) is 2.66. The Balaban J connectivity index is 1.86. The molecule has 0 atom stereocenters. The van der Waals surface area contributed by atoms with Crippen molar-refractivity contribution < 1.29 is 14.0 Å². The molecule has 6 heteroatoms. The van der Waals surface area contributed by atoms with Crippen LogP contribution in [0.2, 0.25) is 0 Å². The van der Waals surface area contributed by atoms with Crippen LogP contribution in [-0.2, 0) is 4.79 Å². The lowest BCUT2D eigenvalue weighted by Crippen LogP contribution is -2.30. The molecule has 0 unspecified atom stereocenters. The monoisotopic (exact) mass is 438 g/mol. The van der Waals surface area contributed by atoms with Crippen molar-refractivity contribution in [3.63, 3.8) is 0 Å². The van der Waals surface area contributed by atoms with E-state index in [0.717, 1.165) is 4.47 Å². The topological polar surface area (TPSA) is 58.2 Å². The smallest absolute Gasteiger partial charge is 0.272 e. The highest BCUT2D eigenvalue weighted by Gasteiger charge is 2.15. The van der Waals surface area contributed by atoms with E-state index in [0.29, 0.717) is 16.8 Å². The fourth-order valence-electron chi connectivity index (χ4n) is 2.40. The first kappa shape index (κ1) is 19.5. The van der Waals surface area contributed by atoms with E-state index in [1.165, 1.54) is 30.3 Å². The van der Waals surface area contributed by atoms with Crippen LogP contribution in [0.15, 0.2) is 89.0 Å². The minimum atomic E-state index is -0.490. The van der Waals surface area contributed by atoms with Gasteiger partial charge in [0.05, 0.1) is 0 Å². The summed E-state index contributed by atoms with van der Waals surface area (Å²) in [5, 5.41) is 5.38. The molecule has 28 heavy (non-hydrogen) atoms. The van der Waals surface area contributed by atoms with Gasteiger partial charge in [0.25, 0.3) is 11.8 Å². The number of rotatable bonds is 5. The third-order valence-corrected chi connectivity index (χ3v) is 4.34. The van der Waals surface area contributed by atoms with Crippen molar-refractivity contribution in [2.24, 2.45) is 0 Å². The zero-order valence-electron chi connectivity index (χ0n) is 14.7. The Morgan fingerprint density at radius 3 is 2.14 bits per heavy atom. The van der Waals surface area contributed by atoms with E-state index in [-0.39, 0.29) is 11.5 Å². The molecule has 2 N–H and O–H groups in total. The van der Waals surface area contributed by atoms with Crippen molar-refractivity contribution in [1.29, 1.82) is 0 Å². The van der Waals surface area contributed by atoms with Gasteiger partial charge in [-0.15, -0.1) is 0 Å². The first-order valence-corrected chi connectivity index (χ1v) is 9.21. The van der Waals surface area contributed by atoms with Crippen LogP contribution in [0.25, 0.3) is 6.08 Å². The van der Waals surface area contributed by atoms with Gasteiger partial charge in [0.2, 0.25) is 0 Å². The predicted molar refractivity (Wildman–Crippen MR) is 111 cm³/mol. The summed E-state index contributed by atoms with van der Waals surface area (Å²) in [7, 11) is 0. The number of carbonyl (C=O) groups is 2. The molecule has 3 rings (SSSR count). The summed E-state index contributed by atoms with van der Waals surface area (Å²) in [4.78, 5) is 25.3. The van der Waals surface area contributed by atoms with Gasteiger partial charge in [0, 0.05) is 15.7 Å². The molecular formula is C22H16BrFN2O2. The number of hydrogen-bond acceptors (Lipinski definition) is 2. The molecule has 0 spiro atoms. The Morgan fingerprint density at radius 1 is 0.857 bits per heavy atom. The quantitative estimate of drug-likeness (QED) is 0.550. The molecule has 3 aromatic rings. The second kappa shape index (κ2) is 9.10. The summed E-state index contributed by atoms with van der Waals surface area (Å²) in [5.41, 5.74) is 1.62. The number of anilines is 1. The van der Waals surface area contributed by atoms with Crippen molar-refractivity contribution >= 4 is 39.5 Å². The molecule has 3 aromatic carbocycles. The Hall–Kier alpha value is -3.25. The zero-order chi connectivity index (χ0) is 19.9. The highest BCUT2D eigenvalue weighted by Crippen LogP contribution is 2.16. The summed E-state index contributed by atoms with van der Waals surface area (Å²) >= 11 is 3.34. The molecular weight excluding hydrogens is 423 g/mol. The average Bonchev–Trinajstić information content (AvgIpc) is 2.71. The van der Waals surface area contributed by atoms with Gasteiger partial charge in [-0.2, -0.15) is 0 Å². The van der Waals surface area contributed by atoms with Gasteiger partial charge >= 0.3 is 0 Å². The standard InChI is InChI=1S/C22H16BrFN2O2/c23-17-8-12-19(13-9-17)25-22(28)20(14-15-6-10-18(24)11-7-15)26-21(27)16-4-2-1-3-5-16/h1-14H,(H,25,28)(H,26,27)/b20-14+. The Bertz CT molecular complexity index is 1000. The Morgan fingerprint density at radius 2 is 1.50 bits per heavy atom. The molecule has 0 saturated carbocycles. The lowest BCUT2D eigenvalue weighted by Gasteiger charge is -2.11. The highest BCUT2D eigenvalue weighted by molar-refractivity contribution is 9.10. The highest BCUT2D eigenvalue weighted by atomic mass is 79.9. The third kappa shape index (κ3) is 5.37. The maximum absolute atomic E-state index is 13.2. The van der Waals surface area contributed by atoms with Crippen LogP contribution in [0.4, 0.5) is 10.1 Å². The average molecular weight is 439 g/mol. The van der Waals surface area contributed by atoms with Gasteiger partial charge in [0.15, 0.2) is 0 Å². The molecule has 0 saturated heterocycles. The minimum absolute atomic E-state index is 0.0448. The Kier molecular flexibility index (Phi) is 6.34. The maximum Gasteiger partial charge on any atom is 0.272 e. The zero-order valence-corrected chi connectivity index (χ0v) is 16.2. The Labute approximate surface area is 170 Å². The molecule has 140 valence electrons. The van der Waals surface area contributed by atoms with E-state index >= 15 is 0 Å². The largest absolute Gasteiger partial charge is 0.321 e. The summed E-state index contributed by atoms with van der Waals surface area (Å²) < 4.78 is 14.0. The van der Waals surface area contributed by atoms with E-state index in [1.807, 2.05) is 0 Å². The molecule has 4 nitrogen and oxygen atoms in total. The number of amides is 2. The van der Waals surface area contributed by atoms with Crippen LogP contribution >= 0.6 is 15.9 Å². The normalized spacial score (nSPS) is 11.0. The number of halogens is 2. The molecule has 0 radical (unpaired) electrons. The van der Waals surface area contributed by atoms with Gasteiger partial charge in [0.1, 0.15) is 11.5 Å². The van der Waals surface area contributed by atoms with Crippen LogP contribution in [0, 0.1) is 5.82 Å². The number of carbonyl (C=O) groups excluding carboxylic acids is 2. The van der Waals surface area contributed by atoms with Crippen molar-refractivity contribution in [2.45, 2.75) is 0 Å².